The Kier molecular flexibility index (Phi) is 3.83. The van der Waals surface area contributed by atoms with Gasteiger partial charge in [-0.15, -0.1) is 0 Å². The van der Waals surface area contributed by atoms with Gasteiger partial charge in [0.15, 0.2) is 5.82 Å². The second-order valence-electron chi connectivity index (χ2n) is 4.92. The minimum Gasteiger partial charge on any atom is -0.276 e. The van der Waals surface area contributed by atoms with E-state index in [2.05, 4.69) is 19.9 Å². The van der Waals surface area contributed by atoms with Crippen molar-refractivity contribution in [3.05, 3.63) is 60.2 Å². The van der Waals surface area contributed by atoms with Crippen molar-refractivity contribution in [3.63, 3.8) is 0 Å². The first-order valence-corrected chi connectivity index (χ1v) is 8.19. The molecule has 0 fully saturated rings. The van der Waals surface area contributed by atoms with E-state index >= 15 is 0 Å². The number of halogens is 1. The van der Waals surface area contributed by atoms with Crippen molar-refractivity contribution in [2.24, 2.45) is 0 Å². The number of hydrogen-bond acceptors (Lipinski definition) is 4. The van der Waals surface area contributed by atoms with Gasteiger partial charge in [0.05, 0.1) is 10.6 Å². The minimum absolute atomic E-state index is 0.118. The maximum absolute atomic E-state index is 13.3. The molecule has 23 heavy (non-hydrogen) atoms. The molecule has 2 heterocycles. The van der Waals surface area contributed by atoms with Gasteiger partial charge in [-0.25, -0.2) is 12.8 Å². The lowest BCUT2D eigenvalue weighted by Gasteiger charge is -2.08. The molecule has 0 unspecified atom stereocenters. The van der Waals surface area contributed by atoms with Crippen LogP contribution in [0.4, 0.5) is 10.2 Å². The number of pyridine rings is 1. The van der Waals surface area contributed by atoms with E-state index in [-0.39, 0.29) is 10.7 Å². The maximum atomic E-state index is 13.3. The summed E-state index contributed by atoms with van der Waals surface area (Å²) in [6, 6.07) is 8.72. The summed E-state index contributed by atoms with van der Waals surface area (Å²) in [6.45, 7) is 1.60. The van der Waals surface area contributed by atoms with Crippen LogP contribution in [0.15, 0.2) is 53.7 Å². The summed E-state index contributed by atoms with van der Waals surface area (Å²) in [6.07, 6.45) is 3.26. The topological polar surface area (TPSA) is 87.7 Å². The third-order valence-corrected chi connectivity index (χ3v) is 4.73. The summed E-state index contributed by atoms with van der Waals surface area (Å²) >= 11 is 0. The van der Waals surface area contributed by atoms with Gasteiger partial charge in [-0.1, -0.05) is 6.07 Å². The van der Waals surface area contributed by atoms with E-state index in [0.717, 1.165) is 11.6 Å². The number of H-pyrrole nitrogens is 1. The number of aromatic amines is 1. The monoisotopic (exact) mass is 332 g/mol. The lowest BCUT2D eigenvalue weighted by Crippen LogP contribution is -2.14. The Morgan fingerprint density at radius 3 is 2.78 bits per heavy atom. The van der Waals surface area contributed by atoms with Crippen LogP contribution in [0.2, 0.25) is 0 Å². The van der Waals surface area contributed by atoms with Gasteiger partial charge >= 0.3 is 0 Å². The van der Waals surface area contributed by atoms with E-state index in [4.69, 9.17) is 0 Å². The molecule has 0 radical (unpaired) electrons. The van der Waals surface area contributed by atoms with Gasteiger partial charge in [0.2, 0.25) is 0 Å². The summed E-state index contributed by atoms with van der Waals surface area (Å²) in [5.41, 5.74) is 1.83. The third-order valence-electron chi connectivity index (χ3n) is 3.23. The van der Waals surface area contributed by atoms with Crippen LogP contribution in [0.1, 0.15) is 5.56 Å². The molecule has 0 spiro atoms. The first-order valence-electron chi connectivity index (χ1n) is 6.70. The predicted molar refractivity (Wildman–Crippen MR) is 83.8 cm³/mol. The fourth-order valence-corrected chi connectivity index (χ4v) is 3.35. The molecule has 0 amide bonds. The molecule has 0 saturated heterocycles. The van der Waals surface area contributed by atoms with Crippen LogP contribution < -0.4 is 4.72 Å². The van der Waals surface area contributed by atoms with Crippen molar-refractivity contribution in [1.82, 2.24) is 15.2 Å². The molecule has 0 aliphatic carbocycles. The standard InChI is InChI=1S/C15H13FN4O2S/c1-10-4-5-12(16)7-14(10)23(21,22)20-15-8-13(18-19-15)11-3-2-6-17-9-11/h2-9H,1H3,(H2,18,19,20). The Hall–Kier alpha value is -2.74. The quantitative estimate of drug-likeness (QED) is 0.769. The summed E-state index contributed by atoms with van der Waals surface area (Å²) in [5, 5.41) is 6.65. The number of sulfonamides is 1. The highest BCUT2D eigenvalue weighted by molar-refractivity contribution is 7.92. The molecule has 118 valence electrons. The molecule has 0 aliphatic rings. The van der Waals surface area contributed by atoms with Crippen LogP contribution in [-0.2, 0) is 10.0 Å². The number of aryl methyl sites for hydroxylation is 1. The van der Waals surface area contributed by atoms with Crippen LogP contribution in [0.5, 0.6) is 0 Å². The smallest absolute Gasteiger partial charge is 0.263 e. The Morgan fingerprint density at radius 1 is 1.22 bits per heavy atom. The van der Waals surface area contributed by atoms with Gasteiger partial charge < -0.3 is 0 Å². The summed E-state index contributed by atoms with van der Waals surface area (Å²) in [7, 11) is -3.92. The largest absolute Gasteiger partial charge is 0.276 e. The molecular formula is C15H13FN4O2S. The molecule has 0 atom stereocenters. The second-order valence-corrected chi connectivity index (χ2v) is 6.57. The maximum Gasteiger partial charge on any atom is 0.263 e. The first-order chi connectivity index (χ1) is 11.0. The highest BCUT2D eigenvalue weighted by atomic mass is 32.2. The van der Waals surface area contributed by atoms with E-state index in [0.29, 0.717) is 11.3 Å². The molecule has 8 heteroatoms. The third kappa shape index (κ3) is 3.21. The van der Waals surface area contributed by atoms with Crippen LogP contribution in [0.25, 0.3) is 11.3 Å². The first kappa shape index (κ1) is 15.2. The van der Waals surface area contributed by atoms with Crippen molar-refractivity contribution in [2.45, 2.75) is 11.8 Å². The van der Waals surface area contributed by atoms with Gasteiger partial charge in [-0.2, -0.15) is 5.10 Å². The Balaban J connectivity index is 1.90. The van der Waals surface area contributed by atoms with Gasteiger partial charge in [0, 0.05) is 24.0 Å². The molecule has 0 saturated carbocycles. The van der Waals surface area contributed by atoms with E-state index in [1.165, 1.54) is 12.1 Å². The number of nitrogens with zero attached hydrogens (tertiary/aromatic N) is 2. The van der Waals surface area contributed by atoms with Crippen LogP contribution in [0.3, 0.4) is 0 Å². The molecule has 1 aromatic carbocycles. The van der Waals surface area contributed by atoms with E-state index < -0.39 is 15.8 Å². The fraction of sp³-hybridized carbons (Fsp3) is 0.0667. The molecule has 3 rings (SSSR count). The molecule has 0 bridgehead atoms. The summed E-state index contributed by atoms with van der Waals surface area (Å²) < 4.78 is 40.4. The van der Waals surface area contributed by atoms with Crippen molar-refractivity contribution in [2.75, 3.05) is 4.72 Å². The van der Waals surface area contributed by atoms with Gasteiger partial charge in [0.25, 0.3) is 10.0 Å². The van der Waals surface area contributed by atoms with Gasteiger partial charge in [-0.3, -0.25) is 14.8 Å². The number of benzene rings is 1. The fourth-order valence-electron chi connectivity index (χ4n) is 2.10. The van der Waals surface area contributed by atoms with E-state index in [9.17, 15) is 12.8 Å². The van der Waals surface area contributed by atoms with Crippen LogP contribution in [0, 0.1) is 12.7 Å². The van der Waals surface area contributed by atoms with E-state index in [1.807, 2.05) is 6.07 Å². The molecule has 2 aromatic heterocycles. The van der Waals surface area contributed by atoms with Crippen LogP contribution in [-0.4, -0.2) is 23.6 Å². The number of anilines is 1. The molecule has 6 nitrogen and oxygen atoms in total. The highest BCUT2D eigenvalue weighted by Crippen LogP contribution is 2.22. The number of nitrogens with one attached hydrogen (secondary N) is 2. The normalized spacial score (nSPS) is 11.4. The Labute approximate surface area is 132 Å². The molecule has 0 aliphatic heterocycles. The average molecular weight is 332 g/mol. The van der Waals surface area contributed by atoms with Crippen molar-refractivity contribution in [3.8, 4) is 11.3 Å². The summed E-state index contributed by atoms with van der Waals surface area (Å²) in [5.74, 6) is -0.499. The summed E-state index contributed by atoms with van der Waals surface area (Å²) in [4.78, 5) is 3.86. The zero-order valence-corrected chi connectivity index (χ0v) is 12.9. The highest BCUT2D eigenvalue weighted by Gasteiger charge is 2.19. The lowest BCUT2D eigenvalue weighted by atomic mass is 10.2. The number of rotatable bonds is 4. The number of aromatic nitrogens is 3. The SMILES string of the molecule is Cc1ccc(F)cc1S(=O)(=O)Nc1cc(-c2cccnc2)[nH]n1. The van der Waals surface area contributed by atoms with Gasteiger partial charge in [-0.05, 0) is 36.8 Å². The van der Waals surface area contributed by atoms with E-state index in [1.54, 1.807) is 31.5 Å². The molecule has 3 aromatic rings. The zero-order chi connectivity index (χ0) is 16.4. The van der Waals surface area contributed by atoms with Crippen molar-refractivity contribution >= 4 is 15.8 Å². The molecule has 2 N–H and O–H groups in total. The average Bonchev–Trinajstić information content (AvgIpc) is 2.98. The Morgan fingerprint density at radius 2 is 2.04 bits per heavy atom. The molecular weight excluding hydrogens is 319 g/mol. The van der Waals surface area contributed by atoms with Gasteiger partial charge in [0.1, 0.15) is 5.82 Å². The second kappa shape index (κ2) is 5.81. The minimum atomic E-state index is -3.92. The van der Waals surface area contributed by atoms with Crippen LogP contribution >= 0.6 is 0 Å². The van der Waals surface area contributed by atoms with Crippen molar-refractivity contribution < 1.29 is 12.8 Å². The predicted octanol–water partition coefficient (Wildman–Crippen LogP) is 2.72. The Bertz CT molecular complexity index is 939. The van der Waals surface area contributed by atoms with Crippen molar-refractivity contribution in [1.29, 1.82) is 0 Å². The lowest BCUT2D eigenvalue weighted by molar-refractivity contribution is 0.594. The zero-order valence-electron chi connectivity index (χ0n) is 12.1. The number of hydrogen-bond donors (Lipinski definition) is 2.